The topological polar surface area (TPSA) is 94.5 Å². The normalized spacial score (nSPS) is 16.6. The molecule has 10 nitrogen and oxygen atoms in total. The highest BCUT2D eigenvalue weighted by atomic mass is 32.1. The number of thiazole rings is 1. The van der Waals surface area contributed by atoms with Crippen molar-refractivity contribution in [3.63, 3.8) is 0 Å². The number of carbonyl (C=O) groups excluding carboxylic acids is 1. The Labute approximate surface area is 241 Å². The summed E-state index contributed by atoms with van der Waals surface area (Å²) in [6.07, 6.45) is 6.00. The van der Waals surface area contributed by atoms with Crippen LogP contribution in [0.3, 0.4) is 0 Å². The van der Waals surface area contributed by atoms with E-state index in [1.165, 1.54) is 23.5 Å². The molecule has 6 rings (SSSR count). The highest BCUT2D eigenvalue weighted by molar-refractivity contribution is 7.20. The minimum atomic E-state index is -0.381. The van der Waals surface area contributed by atoms with Crippen LogP contribution in [0.25, 0.3) is 21.7 Å². The number of β-amino-alcohol motifs (C(OH)–C–C–N with tert-alkyl or cyclic N) is 1. The Kier molecular flexibility index (Phi) is 7.42. The number of aromatic nitrogens is 4. The number of amides is 1. The standard InChI is InChI=1S/C29H31FN8O2S/c1-4-22-28(35(3)29-34-26(27(31-2)41-29)19-5-7-20(30)8-6-19)38-16-23(32-13-24(38)33-22)18-9-11-36(12-10-18)17-25(40)37-14-21(39)15-37/h5-8,13,16,18,21,39H,4,9-12,14-15,17H2,1,3H3. The van der Waals surface area contributed by atoms with Crippen molar-refractivity contribution in [3.05, 3.63) is 65.3 Å². The first-order chi connectivity index (χ1) is 19.8. The van der Waals surface area contributed by atoms with Crippen LogP contribution in [0, 0.1) is 12.4 Å². The van der Waals surface area contributed by atoms with Crippen molar-refractivity contribution >= 4 is 38.8 Å². The van der Waals surface area contributed by atoms with Crippen LogP contribution >= 0.6 is 11.3 Å². The lowest BCUT2D eigenvalue weighted by Gasteiger charge is -2.38. The number of fused-ring (bicyclic) bond motifs is 1. The number of aliphatic hydroxyl groups excluding tert-OH is 1. The third-order valence-corrected chi connectivity index (χ3v) is 8.94. The number of aliphatic hydroxyl groups is 1. The lowest BCUT2D eigenvalue weighted by molar-refractivity contribution is -0.142. The number of aryl methyl sites for hydroxylation is 1. The highest BCUT2D eigenvalue weighted by Crippen LogP contribution is 2.42. The van der Waals surface area contributed by atoms with Crippen LogP contribution in [0.5, 0.6) is 0 Å². The summed E-state index contributed by atoms with van der Waals surface area (Å²) in [5.41, 5.74) is 3.87. The Bertz CT molecular complexity index is 1610. The second kappa shape index (κ2) is 11.2. The second-order valence-corrected chi connectivity index (χ2v) is 11.6. The molecule has 212 valence electrons. The van der Waals surface area contributed by atoms with Crippen molar-refractivity contribution in [1.82, 2.24) is 29.2 Å². The van der Waals surface area contributed by atoms with E-state index in [2.05, 4.69) is 27.3 Å². The highest BCUT2D eigenvalue weighted by Gasteiger charge is 2.31. The number of likely N-dealkylation sites (tertiary alicyclic amines) is 2. The fourth-order valence-corrected chi connectivity index (χ4v) is 6.39. The van der Waals surface area contributed by atoms with Gasteiger partial charge in [0.1, 0.15) is 11.6 Å². The van der Waals surface area contributed by atoms with Gasteiger partial charge in [0.25, 0.3) is 5.00 Å². The van der Waals surface area contributed by atoms with Crippen molar-refractivity contribution < 1.29 is 14.3 Å². The van der Waals surface area contributed by atoms with Crippen molar-refractivity contribution in [1.29, 1.82) is 0 Å². The number of imidazole rings is 1. The van der Waals surface area contributed by atoms with Crippen molar-refractivity contribution in [2.45, 2.75) is 38.2 Å². The summed E-state index contributed by atoms with van der Waals surface area (Å²) in [4.78, 5) is 36.4. The molecule has 0 aliphatic carbocycles. The van der Waals surface area contributed by atoms with E-state index in [0.717, 1.165) is 48.8 Å². The number of benzene rings is 1. The summed E-state index contributed by atoms with van der Waals surface area (Å²) >= 11 is 1.30. The molecule has 0 radical (unpaired) electrons. The lowest BCUT2D eigenvalue weighted by Crippen LogP contribution is -2.56. The van der Waals surface area contributed by atoms with Gasteiger partial charge in [-0.15, -0.1) is 11.3 Å². The van der Waals surface area contributed by atoms with Gasteiger partial charge in [0.2, 0.25) is 5.91 Å². The van der Waals surface area contributed by atoms with Crippen LogP contribution in [0.1, 0.15) is 37.1 Å². The summed E-state index contributed by atoms with van der Waals surface area (Å²) in [7, 11) is 1.93. The third-order valence-electron chi connectivity index (χ3n) is 7.91. The number of hydrogen-bond donors (Lipinski definition) is 1. The van der Waals surface area contributed by atoms with E-state index in [9.17, 15) is 14.3 Å². The van der Waals surface area contributed by atoms with Gasteiger partial charge < -0.3 is 14.9 Å². The van der Waals surface area contributed by atoms with Gasteiger partial charge in [-0.3, -0.25) is 19.1 Å². The molecule has 4 aromatic rings. The smallest absolute Gasteiger partial charge is 0.270 e. The molecule has 1 N–H and O–H groups in total. The molecule has 1 aromatic carbocycles. The average molecular weight is 575 g/mol. The van der Waals surface area contributed by atoms with Crippen LogP contribution < -0.4 is 4.90 Å². The number of carbonyl (C=O) groups is 1. The largest absolute Gasteiger partial charge is 0.389 e. The van der Waals surface area contributed by atoms with Crippen LogP contribution in [0.2, 0.25) is 0 Å². The van der Waals surface area contributed by atoms with E-state index in [1.807, 2.05) is 18.1 Å². The van der Waals surface area contributed by atoms with Gasteiger partial charge in [0.15, 0.2) is 10.8 Å². The number of rotatable bonds is 7. The molecule has 2 fully saturated rings. The predicted octanol–water partition coefficient (Wildman–Crippen LogP) is 4.26. The number of nitrogens with zero attached hydrogens (tertiary/aromatic N) is 8. The maximum Gasteiger partial charge on any atom is 0.270 e. The molecular weight excluding hydrogens is 543 g/mol. The van der Waals surface area contributed by atoms with Crippen LogP contribution in [-0.4, -0.2) is 86.0 Å². The van der Waals surface area contributed by atoms with Crippen LogP contribution in [0.4, 0.5) is 20.3 Å². The zero-order valence-corrected chi connectivity index (χ0v) is 23.8. The number of piperidine rings is 1. The van der Waals surface area contributed by atoms with Crippen LogP contribution in [-0.2, 0) is 11.2 Å². The Morgan fingerprint density at radius 3 is 2.61 bits per heavy atom. The number of anilines is 2. The molecule has 5 heterocycles. The van der Waals surface area contributed by atoms with Gasteiger partial charge in [-0.2, -0.15) is 0 Å². The summed E-state index contributed by atoms with van der Waals surface area (Å²) in [5, 5.41) is 10.6. The average Bonchev–Trinajstić information content (AvgIpc) is 3.57. The van der Waals surface area contributed by atoms with Gasteiger partial charge >= 0.3 is 0 Å². The Morgan fingerprint density at radius 2 is 1.95 bits per heavy atom. The first kappa shape index (κ1) is 27.3. The molecule has 2 aliphatic rings. The summed E-state index contributed by atoms with van der Waals surface area (Å²) < 4.78 is 15.6. The van der Waals surface area contributed by atoms with Gasteiger partial charge in [0, 0.05) is 32.3 Å². The van der Waals surface area contributed by atoms with Gasteiger partial charge in [-0.25, -0.2) is 19.2 Å². The van der Waals surface area contributed by atoms with E-state index in [1.54, 1.807) is 17.0 Å². The molecule has 0 saturated carbocycles. The minimum absolute atomic E-state index is 0.0811. The minimum Gasteiger partial charge on any atom is -0.389 e. The molecule has 0 bridgehead atoms. The van der Waals surface area contributed by atoms with Gasteiger partial charge in [-0.05, 0) is 50.0 Å². The second-order valence-electron chi connectivity index (χ2n) is 10.6. The molecule has 2 aliphatic heterocycles. The maximum absolute atomic E-state index is 13.5. The maximum atomic E-state index is 13.5. The van der Waals surface area contributed by atoms with Gasteiger partial charge in [-0.1, -0.05) is 19.1 Å². The Balaban J connectivity index is 1.24. The molecule has 12 heteroatoms. The van der Waals surface area contributed by atoms with E-state index in [4.69, 9.17) is 21.5 Å². The van der Waals surface area contributed by atoms with Crippen molar-refractivity contribution in [2.75, 3.05) is 44.7 Å². The summed E-state index contributed by atoms with van der Waals surface area (Å²) in [6, 6.07) is 6.03. The Hall–Kier alpha value is -3.92. The lowest BCUT2D eigenvalue weighted by atomic mass is 9.93. The molecule has 0 spiro atoms. The van der Waals surface area contributed by atoms with E-state index in [-0.39, 0.29) is 23.7 Å². The monoisotopic (exact) mass is 574 g/mol. The summed E-state index contributed by atoms with van der Waals surface area (Å²) in [6.45, 7) is 12.6. The fraction of sp³-hybridized carbons (Fsp3) is 0.414. The zero-order chi connectivity index (χ0) is 28.7. The van der Waals surface area contributed by atoms with Gasteiger partial charge in [0.05, 0.1) is 42.5 Å². The SMILES string of the molecule is [C-]#[N+]c1sc(N(C)c2c(CC)nc3cnc(C4CCN(CC(=O)N5CC(O)C5)CC4)cn23)nc1-c1ccc(F)cc1. The van der Waals surface area contributed by atoms with Crippen LogP contribution in [0.15, 0.2) is 36.7 Å². The molecule has 2 saturated heterocycles. The van der Waals surface area contributed by atoms with Crippen molar-refractivity contribution in [3.8, 4) is 11.3 Å². The van der Waals surface area contributed by atoms with E-state index in [0.29, 0.717) is 47.4 Å². The quantitative estimate of drug-likeness (QED) is 0.330. The number of halogens is 1. The first-order valence-corrected chi connectivity index (χ1v) is 14.6. The molecule has 3 aromatic heterocycles. The fourth-order valence-electron chi connectivity index (χ4n) is 5.55. The summed E-state index contributed by atoms with van der Waals surface area (Å²) in [5.74, 6) is 0.889. The molecular formula is C29H31FN8O2S. The molecule has 41 heavy (non-hydrogen) atoms. The zero-order valence-electron chi connectivity index (χ0n) is 23.0. The predicted molar refractivity (Wildman–Crippen MR) is 155 cm³/mol. The van der Waals surface area contributed by atoms with E-state index >= 15 is 0 Å². The molecule has 0 unspecified atom stereocenters. The number of hydrogen-bond acceptors (Lipinski definition) is 8. The molecule has 1 amide bonds. The molecule has 0 atom stereocenters. The van der Waals surface area contributed by atoms with Crippen molar-refractivity contribution in [2.24, 2.45) is 0 Å². The Morgan fingerprint density at radius 1 is 1.22 bits per heavy atom. The van der Waals surface area contributed by atoms with E-state index < -0.39 is 0 Å². The third kappa shape index (κ3) is 5.28. The first-order valence-electron chi connectivity index (χ1n) is 13.8.